The number of carbonyl (C=O) groups is 1. The molecule has 0 spiro atoms. The normalized spacial score (nSPS) is 10.2. The molecule has 8 nitrogen and oxygen atoms in total. The second kappa shape index (κ2) is 12.0. The fourth-order valence-electron chi connectivity index (χ4n) is 4.79. The van der Waals surface area contributed by atoms with E-state index in [0.29, 0.717) is 50.9 Å². The monoisotopic (exact) mass is 581 g/mol. The fraction of sp³-hybridized carbons (Fsp3) is 0. The molecule has 0 bridgehead atoms. The second-order valence-electron chi connectivity index (χ2n) is 9.94. The topological polar surface area (TPSA) is 123 Å². The lowest BCUT2D eigenvalue weighted by atomic mass is 10.0. The molecule has 0 fully saturated rings. The highest BCUT2D eigenvalue weighted by atomic mass is 16.5. The molecule has 0 unspecified atom stereocenters. The molecule has 6 aromatic carbocycles. The Morgan fingerprint density at radius 2 is 1.04 bits per heavy atom. The Hall–Kier alpha value is -7.13. The number of nitrogens with zero attached hydrogens (tertiary/aromatic N) is 4. The molecule has 0 radical (unpaired) electrons. The molecule has 8 heteroatoms. The van der Waals surface area contributed by atoms with Gasteiger partial charge in [-0.25, -0.2) is 4.85 Å². The predicted octanol–water partition coefficient (Wildman–Crippen LogP) is 9.00. The van der Waals surface area contributed by atoms with Gasteiger partial charge in [-0.05, 0) is 119 Å². The van der Waals surface area contributed by atoms with Gasteiger partial charge in [0.05, 0.1) is 29.3 Å². The highest BCUT2D eigenvalue weighted by molar-refractivity contribution is 6.04. The lowest BCUT2D eigenvalue weighted by molar-refractivity contribution is 0.102. The molecule has 0 aliphatic carbocycles. The maximum atomic E-state index is 12.9. The van der Waals surface area contributed by atoms with Crippen LogP contribution in [0.2, 0.25) is 0 Å². The Morgan fingerprint density at radius 1 is 0.578 bits per heavy atom. The van der Waals surface area contributed by atoms with E-state index in [1.165, 1.54) is 0 Å². The Kier molecular flexibility index (Phi) is 7.47. The SMILES string of the molecule is [C-]#[N+]c1cc2cc(Oc3ccc(C(=O)Nc4ccc(Oc5ccc6cc(C#N)c(C#N)cc6c5)cc4)cc3)ccc2cc1C#N. The van der Waals surface area contributed by atoms with Crippen molar-refractivity contribution in [1.82, 2.24) is 0 Å². The summed E-state index contributed by atoms with van der Waals surface area (Å²) < 4.78 is 11.9. The summed E-state index contributed by atoms with van der Waals surface area (Å²) in [5.41, 5.74) is 2.29. The van der Waals surface area contributed by atoms with Gasteiger partial charge in [0.2, 0.25) is 5.69 Å². The molecule has 210 valence electrons. The smallest absolute Gasteiger partial charge is 0.255 e. The first kappa shape index (κ1) is 28.0. The van der Waals surface area contributed by atoms with Gasteiger partial charge in [0, 0.05) is 11.3 Å². The van der Waals surface area contributed by atoms with Gasteiger partial charge in [-0.15, -0.1) is 0 Å². The molecular formula is C37H19N5O3. The molecule has 0 atom stereocenters. The number of rotatable bonds is 6. The number of anilines is 1. The number of fused-ring (bicyclic) bond motifs is 2. The van der Waals surface area contributed by atoms with Crippen molar-refractivity contribution in [3.63, 3.8) is 0 Å². The van der Waals surface area contributed by atoms with Crippen LogP contribution in [0.15, 0.2) is 109 Å². The van der Waals surface area contributed by atoms with E-state index in [1.54, 1.807) is 97.1 Å². The Bertz CT molecular complexity index is 2300. The van der Waals surface area contributed by atoms with Gasteiger partial charge in [-0.1, -0.05) is 12.1 Å². The van der Waals surface area contributed by atoms with Crippen molar-refractivity contribution in [3.8, 4) is 41.2 Å². The van der Waals surface area contributed by atoms with Crippen LogP contribution in [-0.4, -0.2) is 5.91 Å². The maximum Gasteiger partial charge on any atom is 0.255 e. The van der Waals surface area contributed by atoms with Gasteiger partial charge in [0.15, 0.2) is 0 Å². The first-order valence-electron chi connectivity index (χ1n) is 13.6. The van der Waals surface area contributed by atoms with Crippen LogP contribution in [0.25, 0.3) is 26.4 Å². The van der Waals surface area contributed by atoms with Crippen LogP contribution in [0, 0.1) is 40.6 Å². The summed E-state index contributed by atoms with van der Waals surface area (Å²) >= 11 is 0. The zero-order valence-corrected chi connectivity index (χ0v) is 23.4. The zero-order valence-electron chi connectivity index (χ0n) is 23.4. The minimum Gasteiger partial charge on any atom is -0.457 e. The molecule has 0 aliphatic heterocycles. The lowest BCUT2D eigenvalue weighted by Crippen LogP contribution is -2.11. The van der Waals surface area contributed by atoms with Gasteiger partial charge in [-0.2, -0.15) is 15.8 Å². The van der Waals surface area contributed by atoms with Crippen molar-refractivity contribution in [2.45, 2.75) is 0 Å². The molecule has 45 heavy (non-hydrogen) atoms. The first-order chi connectivity index (χ1) is 22.0. The minimum atomic E-state index is -0.291. The van der Waals surface area contributed by atoms with E-state index in [-0.39, 0.29) is 11.6 Å². The molecule has 0 saturated carbocycles. The number of hydrogen-bond acceptors (Lipinski definition) is 6. The first-order valence-corrected chi connectivity index (χ1v) is 13.6. The third-order valence-electron chi connectivity index (χ3n) is 7.06. The van der Waals surface area contributed by atoms with E-state index in [2.05, 4.69) is 10.2 Å². The van der Waals surface area contributed by atoms with Crippen molar-refractivity contribution in [1.29, 1.82) is 15.8 Å². The van der Waals surface area contributed by atoms with Crippen LogP contribution >= 0.6 is 0 Å². The fourth-order valence-corrected chi connectivity index (χ4v) is 4.79. The summed E-state index contributed by atoms with van der Waals surface area (Å²) in [6, 6.07) is 37.3. The number of amides is 1. The van der Waals surface area contributed by atoms with Crippen LogP contribution < -0.4 is 14.8 Å². The van der Waals surface area contributed by atoms with Crippen molar-refractivity contribution in [2.75, 3.05) is 5.32 Å². The van der Waals surface area contributed by atoms with Crippen molar-refractivity contribution < 1.29 is 14.3 Å². The van der Waals surface area contributed by atoms with Crippen molar-refractivity contribution >= 4 is 38.8 Å². The summed E-state index contributed by atoms with van der Waals surface area (Å²) in [4.78, 5) is 16.3. The Balaban J connectivity index is 1.09. The maximum absolute atomic E-state index is 12.9. The Morgan fingerprint density at radius 3 is 1.58 bits per heavy atom. The van der Waals surface area contributed by atoms with Crippen LogP contribution in [0.4, 0.5) is 11.4 Å². The molecule has 1 amide bonds. The molecule has 6 aromatic rings. The number of hydrogen-bond donors (Lipinski definition) is 1. The van der Waals surface area contributed by atoms with Crippen LogP contribution in [0.1, 0.15) is 27.0 Å². The molecule has 1 N–H and O–H groups in total. The summed E-state index contributed by atoms with van der Waals surface area (Å²) in [5, 5.41) is 33.9. The number of ether oxygens (including phenoxy) is 2. The average molecular weight is 582 g/mol. The van der Waals surface area contributed by atoms with Crippen molar-refractivity contribution in [2.24, 2.45) is 0 Å². The van der Waals surface area contributed by atoms with Gasteiger partial charge in [0.25, 0.3) is 5.91 Å². The highest BCUT2D eigenvalue weighted by Gasteiger charge is 2.10. The molecule has 6 rings (SSSR count). The van der Waals surface area contributed by atoms with Crippen molar-refractivity contribution in [3.05, 3.63) is 143 Å². The quantitative estimate of drug-likeness (QED) is 0.196. The molecule has 0 saturated heterocycles. The van der Waals surface area contributed by atoms with Gasteiger partial charge >= 0.3 is 0 Å². The summed E-state index contributed by atoms with van der Waals surface area (Å²) in [6.07, 6.45) is 0. The van der Waals surface area contributed by atoms with E-state index in [0.717, 1.165) is 21.5 Å². The third kappa shape index (κ3) is 5.94. The lowest BCUT2D eigenvalue weighted by Gasteiger charge is -2.10. The highest BCUT2D eigenvalue weighted by Crippen LogP contribution is 2.31. The average Bonchev–Trinajstić information content (AvgIpc) is 3.08. The molecular weight excluding hydrogens is 562 g/mol. The predicted molar refractivity (Wildman–Crippen MR) is 169 cm³/mol. The van der Waals surface area contributed by atoms with Crippen LogP contribution in [0.5, 0.6) is 23.0 Å². The number of nitriles is 3. The largest absolute Gasteiger partial charge is 0.457 e. The summed E-state index contributed by atoms with van der Waals surface area (Å²) in [7, 11) is 0. The Labute approximate surface area is 258 Å². The number of nitrogens with one attached hydrogen (secondary N) is 1. The van der Waals surface area contributed by atoms with Gasteiger partial charge < -0.3 is 14.8 Å². The zero-order chi connectivity index (χ0) is 31.3. The third-order valence-corrected chi connectivity index (χ3v) is 7.06. The summed E-state index contributed by atoms with van der Waals surface area (Å²) in [5.74, 6) is 1.94. The van der Waals surface area contributed by atoms with E-state index in [9.17, 15) is 20.6 Å². The van der Waals surface area contributed by atoms with E-state index < -0.39 is 0 Å². The van der Waals surface area contributed by atoms with Crippen LogP contribution in [0.3, 0.4) is 0 Å². The van der Waals surface area contributed by atoms with E-state index in [1.807, 2.05) is 30.3 Å². The molecule has 0 aromatic heterocycles. The number of benzene rings is 6. The van der Waals surface area contributed by atoms with Crippen LogP contribution in [-0.2, 0) is 0 Å². The molecule has 0 aliphatic rings. The van der Waals surface area contributed by atoms with Gasteiger partial charge in [-0.3, -0.25) is 4.79 Å². The minimum absolute atomic E-state index is 0.289. The van der Waals surface area contributed by atoms with Gasteiger partial charge in [0.1, 0.15) is 35.1 Å². The van der Waals surface area contributed by atoms with E-state index >= 15 is 0 Å². The molecule has 0 heterocycles. The van der Waals surface area contributed by atoms with E-state index in [4.69, 9.17) is 16.0 Å². The number of carbonyl (C=O) groups excluding carboxylic acids is 1. The standard InChI is InChI=1S/C37H19N5O3/c1-41-36-19-27-18-35(11-5-25(27)15-30(36)22-40)44-32-8-2-23(3-9-32)37(43)42-31-6-12-33(13-7-31)45-34-10-4-24-14-28(20-38)29(21-39)16-26(24)17-34/h2-19H,(H,42,43). The second-order valence-corrected chi connectivity index (χ2v) is 9.94. The summed E-state index contributed by atoms with van der Waals surface area (Å²) in [6.45, 7) is 7.31.